The standard InChI is InChI=1S/C16H15FN2O3S/c1-23(21,22)13-6-4-11-3-2-8-19(14(11)9-13)16(20)12-5-7-15(17)18-10-12/h4-7,9-10H,2-3,8H2,1H3. The van der Waals surface area contributed by atoms with Crippen molar-refractivity contribution in [3.63, 3.8) is 0 Å². The number of fused-ring (bicyclic) bond motifs is 1. The number of rotatable bonds is 2. The van der Waals surface area contributed by atoms with Crippen LogP contribution in [0.15, 0.2) is 41.4 Å². The summed E-state index contributed by atoms with van der Waals surface area (Å²) in [6.07, 6.45) is 3.89. The van der Waals surface area contributed by atoms with Crippen LogP contribution in [0.1, 0.15) is 22.3 Å². The third-order valence-corrected chi connectivity index (χ3v) is 4.93. The number of amides is 1. The van der Waals surface area contributed by atoms with Crippen LogP contribution in [0.5, 0.6) is 0 Å². The summed E-state index contributed by atoms with van der Waals surface area (Å²) in [6.45, 7) is 0.483. The molecule has 0 saturated carbocycles. The Balaban J connectivity index is 2.03. The normalized spacial score (nSPS) is 14.4. The van der Waals surface area contributed by atoms with E-state index in [1.54, 1.807) is 12.1 Å². The SMILES string of the molecule is CS(=O)(=O)c1ccc2c(c1)N(C(=O)c1ccc(F)nc1)CCC2. The van der Waals surface area contributed by atoms with Crippen molar-refractivity contribution in [2.45, 2.75) is 17.7 Å². The molecule has 7 heteroatoms. The first-order valence-electron chi connectivity index (χ1n) is 7.13. The molecule has 0 N–H and O–H groups in total. The maximum atomic E-state index is 12.9. The van der Waals surface area contributed by atoms with Gasteiger partial charge in [0, 0.05) is 24.7 Å². The monoisotopic (exact) mass is 334 g/mol. The average molecular weight is 334 g/mol. The van der Waals surface area contributed by atoms with Gasteiger partial charge in [0.15, 0.2) is 9.84 Å². The first kappa shape index (κ1) is 15.6. The topological polar surface area (TPSA) is 67.3 Å². The molecule has 1 aromatic heterocycles. The minimum absolute atomic E-state index is 0.174. The van der Waals surface area contributed by atoms with E-state index in [0.717, 1.165) is 30.7 Å². The molecule has 0 unspecified atom stereocenters. The van der Waals surface area contributed by atoms with Crippen LogP contribution >= 0.6 is 0 Å². The third kappa shape index (κ3) is 3.10. The quantitative estimate of drug-likeness (QED) is 0.790. The summed E-state index contributed by atoms with van der Waals surface area (Å²) < 4.78 is 36.4. The molecule has 1 aliphatic rings. The van der Waals surface area contributed by atoms with Crippen LogP contribution in [-0.2, 0) is 16.3 Å². The predicted molar refractivity (Wildman–Crippen MR) is 83.7 cm³/mol. The van der Waals surface area contributed by atoms with Crippen molar-refractivity contribution in [2.75, 3.05) is 17.7 Å². The van der Waals surface area contributed by atoms with E-state index in [1.165, 1.54) is 23.2 Å². The van der Waals surface area contributed by atoms with Crippen molar-refractivity contribution in [2.24, 2.45) is 0 Å². The molecule has 3 rings (SSSR count). The van der Waals surface area contributed by atoms with E-state index in [2.05, 4.69) is 4.98 Å². The maximum Gasteiger partial charge on any atom is 0.259 e. The van der Waals surface area contributed by atoms with Gasteiger partial charge in [0.1, 0.15) is 0 Å². The number of nitrogens with zero attached hydrogens (tertiary/aromatic N) is 2. The van der Waals surface area contributed by atoms with Gasteiger partial charge in [-0.1, -0.05) is 6.07 Å². The first-order valence-corrected chi connectivity index (χ1v) is 9.02. The minimum Gasteiger partial charge on any atom is -0.308 e. The predicted octanol–water partition coefficient (Wildman–Crippen LogP) is 2.22. The minimum atomic E-state index is -3.36. The van der Waals surface area contributed by atoms with Gasteiger partial charge in [0.05, 0.1) is 10.5 Å². The van der Waals surface area contributed by atoms with E-state index in [4.69, 9.17) is 0 Å². The third-order valence-electron chi connectivity index (χ3n) is 3.82. The lowest BCUT2D eigenvalue weighted by Gasteiger charge is -2.30. The zero-order chi connectivity index (χ0) is 16.6. The number of carbonyl (C=O) groups excluding carboxylic acids is 1. The maximum absolute atomic E-state index is 12.9. The number of hydrogen-bond donors (Lipinski definition) is 0. The smallest absolute Gasteiger partial charge is 0.259 e. The van der Waals surface area contributed by atoms with Gasteiger partial charge in [0.2, 0.25) is 5.95 Å². The van der Waals surface area contributed by atoms with E-state index in [9.17, 15) is 17.6 Å². The van der Waals surface area contributed by atoms with Crippen molar-refractivity contribution in [1.82, 2.24) is 4.98 Å². The molecule has 1 aromatic carbocycles. The van der Waals surface area contributed by atoms with Crippen LogP contribution in [-0.4, -0.2) is 32.1 Å². The Labute approximate surface area is 133 Å². The van der Waals surface area contributed by atoms with Crippen molar-refractivity contribution < 1.29 is 17.6 Å². The van der Waals surface area contributed by atoms with Gasteiger partial charge in [-0.05, 0) is 42.7 Å². The molecule has 0 saturated heterocycles. The van der Waals surface area contributed by atoms with Gasteiger partial charge < -0.3 is 4.90 Å². The second-order valence-corrected chi connectivity index (χ2v) is 7.51. The number of aromatic nitrogens is 1. The molecule has 0 bridgehead atoms. The number of halogens is 1. The number of benzene rings is 1. The summed E-state index contributed by atoms with van der Waals surface area (Å²) in [6, 6.07) is 7.33. The molecule has 0 aliphatic carbocycles. The highest BCUT2D eigenvalue weighted by Crippen LogP contribution is 2.30. The Hall–Kier alpha value is -2.28. The fraction of sp³-hybridized carbons (Fsp3) is 0.250. The van der Waals surface area contributed by atoms with Crippen LogP contribution in [0, 0.1) is 5.95 Å². The largest absolute Gasteiger partial charge is 0.308 e. The van der Waals surface area contributed by atoms with Crippen LogP contribution in [0.4, 0.5) is 10.1 Å². The van der Waals surface area contributed by atoms with Crippen LogP contribution in [0.3, 0.4) is 0 Å². The lowest BCUT2D eigenvalue weighted by molar-refractivity contribution is 0.0984. The fourth-order valence-corrected chi connectivity index (χ4v) is 3.30. The molecule has 0 radical (unpaired) electrons. The van der Waals surface area contributed by atoms with E-state index >= 15 is 0 Å². The van der Waals surface area contributed by atoms with Crippen LogP contribution in [0.25, 0.3) is 0 Å². The fourth-order valence-electron chi connectivity index (χ4n) is 2.65. The number of hydrogen-bond acceptors (Lipinski definition) is 4. The van der Waals surface area contributed by atoms with Gasteiger partial charge in [-0.2, -0.15) is 4.39 Å². The molecule has 1 aliphatic heterocycles. The second kappa shape index (κ2) is 5.73. The molecule has 1 amide bonds. The Bertz CT molecular complexity index is 863. The molecule has 0 spiro atoms. The zero-order valence-corrected chi connectivity index (χ0v) is 13.3. The number of pyridine rings is 1. The van der Waals surface area contributed by atoms with Crippen LogP contribution < -0.4 is 4.90 Å². The summed E-state index contributed by atoms with van der Waals surface area (Å²) >= 11 is 0. The van der Waals surface area contributed by atoms with Gasteiger partial charge in [-0.3, -0.25) is 4.79 Å². The van der Waals surface area contributed by atoms with Gasteiger partial charge in [0.25, 0.3) is 5.91 Å². The van der Waals surface area contributed by atoms with Gasteiger partial charge in [-0.15, -0.1) is 0 Å². The number of aryl methyl sites for hydroxylation is 1. The van der Waals surface area contributed by atoms with Gasteiger partial charge >= 0.3 is 0 Å². The molecular weight excluding hydrogens is 319 g/mol. The molecule has 0 fully saturated rings. The highest BCUT2D eigenvalue weighted by molar-refractivity contribution is 7.90. The molecule has 120 valence electrons. The molecule has 0 atom stereocenters. The molecular formula is C16H15FN2O3S. The Morgan fingerprint density at radius 3 is 2.70 bits per heavy atom. The Morgan fingerprint density at radius 1 is 1.26 bits per heavy atom. The van der Waals surface area contributed by atoms with E-state index in [-0.39, 0.29) is 16.4 Å². The van der Waals surface area contributed by atoms with Crippen molar-refractivity contribution in [3.8, 4) is 0 Å². The number of carbonyl (C=O) groups is 1. The van der Waals surface area contributed by atoms with Crippen LogP contribution in [0.2, 0.25) is 0 Å². The summed E-state index contributed by atoms with van der Waals surface area (Å²) in [5.74, 6) is -0.968. The highest BCUT2D eigenvalue weighted by atomic mass is 32.2. The van der Waals surface area contributed by atoms with Crippen molar-refractivity contribution in [3.05, 3.63) is 53.6 Å². The van der Waals surface area contributed by atoms with E-state index in [0.29, 0.717) is 12.2 Å². The van der Waals surface area contributed by atoms with Gasteiger partial charge in [-0.25, -0.2) is 13.4 Å². The second-order valence-electron chi connectivity index (χ2n) is 5.49. The van der Waals surface area contributed by atoms with Crippen molar-refractivity contribution in [1.29, 1.82) is 0 Å². The summed E-state index contributed by atoms with van der Waals surface area (Å²) in [5, 5.41) is 0. The van der Waals surface area contributed by atoms with E-state index < -0.39 is 15.8 Å². The molecule has 5 nitrogen and oxygen atoms in total. The summed E-state index contributed by atoms with van der Waals surface area (Å²) in [4.78, 5) is 17.9. The van der Waals surface area contributed by atoms with E-state index in [1.807, 2.05) is 0 Å². The summed E-state index contributed by atoms with van der Waals surface area (Å²) in [5.41, 5.74) is 1.78. The number of sulfone groups is 1. The highest BCUT2D eigenvalue weighted by Gasteiger charge is 2.25. The Morgan fingerprint density at radius 2 is 2.04 bits per heavy atom. The average Bonchev–Trinajstić information content (AvgIpc) is 2.53. The molecule has 23 heavy (non-hydrogen) atoms. The lowest BCUT2D eigenvalue weighted by Crippen LogP contribution is -2.35. The Kier molecular flexibility index (Phi) is 3.89. The summed E-state index contributed by atoms with van der Waals surface area (Å²) in [7, 11) is -3.36. The number of anilines is 1. The molecule has 2 heterocycles. The first-order chi connectivity index (χ1) is 10.9. The lowest BCUT2D eigenvalue weighted by atomic mass is 10.0. The zero-order valence-electron chi connectivity index (χ0n) is 12.5. The molecule has 2 aromatic rings. The van der Waals surface area contributed by atoms with Crippen molar-refractivity contribution >= 4 is 21.4 Å².